The first-order valence-electron chi connectivity index (χ1n) is 5.69. The third-order valence-electron chi connectivity index (χ3n) is 2.68. The van der Waals surface area contributed by atoms with Crippen LogP contribution in [0.15, 0.2) is 4.52 Å². The summed E-state index contributed by atoms with van der Waals surface area (Å²) in [6, 6.07) is -0.572. The molecule has 3 atom stereocenters. The van der Waals surface area contributed by atoms with Crippen LogP contribution in [0.4, 0.5) is 0 Å². The van der Waals surface area contributed by atoms with E-state index in [4.69, 9.17) is 15.4 Å². The topological polar surface area (TPSA) is 85.2 Å². The average Bonchev–Trinajstić information content (AvgIpc) is 2.87. The van der Waals surface area contributed by atoms with Crippen LogP contribution in [0.1, 0.15) is 36.4 Å². The number of aliphatic hydroxyl groups is 1. The fraction of sp³-hybridized carbons (Fsp3) is 0.800. The zero-order valence-corrected chi connectivity index (χ0v) is 11.3. The number of nitrogens with two attached hydrogens (primary N) is 1. The first-order valence-corrected chi connectivity index (χ1v) is 7.79. The molecule has 2 heterocycles. The molecular formula is C10H17N3O2S2. The van der Waals surface area contributed by atoms with Crippen molar-refractivity contribution in [3.63, 3.8) is 0 Å². The van der Waals surface area contributed by atoms with Gasteiger partial charge in [-0.25, -0.2) is 0 Å². The van der Waals surface area contributed by atoms with Gasteiger partial charge in [0.25, 0.3) is 0 Å². The summed E-state index contributed by atoms with van der Waals surface area (Å²) in [4.78, 5) is 4.31. The van der Waals surface area contributed by atoms with Crippen LogP contribution in [-0.2, 0) is 0 Å². The predicted molar refractivity (Wildman–Crippen MR) is 70.0 cm³/mol. The monoisotopic (exact) mass is 275 g/mol. The lowest BCUT2D eigenvalue weighted by Gasteiger charge is -2.27. The Bertz CT molecular complexity index is 361. The second-order valence-electron chi connectivity index (χ2n) is 3.89. The van der Waals surface area contributed by atoms with Crippen LogP contribution in [0, 0.1) is 0 Å². The Morgan fingerprint density at radius 3 is 3.00 bits per heavy atom. The molecule has 1 aromatic rings. The van der Waals surface area contributed by atoms with Crippen LogP contribution in [0.5, 0.6) is 0 Å². The number of aromatic nitrogens is 2. The molecule has 0 spiro atoms. The number of thioether (sulfide) groups is 2. The van der Waals surface area contributed by atoms with Gasteiger partial charge >= 0.3 is 0 Å². The van der Waals surface area contributed by atoms with Crippen LogP contribution in [0.2, 0.25) is 0 Å². The third kappa shape index (κ3) is 2.96. The highest BCUT2D eigenvalue weighted by molar-refractivity contribution is 8.06. The zero-order valence-electron chi connectivity index (χ0n) is 9.70. The Balaban J connectivity index is 2.12. The largest absolute Gasteiger partial charge is 0.394 e. The van der Waals surface area contributed by atoms with E-state index in [0.717, 1.165) is 12.2 Å². The lowest BCUT2D eigenvalue weighted by molar-refractivity contribution is 0.236. The fourth-order valence-corrected chi connectivity index (χ4v) is 4.72. The highest BCUT2D eigenvalue weighted by atomic mass is 32.2. The first kappa shape index (κ1) is 13.2. The van der Waals surface area contributed by atoms with E-state index in [-0.39, 0.29) is 11.9 Å². The molecule has 1 saturated heterocycles. The molecule has 1 aliphatic rings. The van der Waals surface area contributed by atoms with Crippen LogP contribution < -0.4 is 5.73 Å². The third-order valence-corrected chi connectivity index (χ3v) is 5.92. The van der Waals surface area contributed by atoms with Crippen molar-refractivity contribution in [1.82, 2.24) is 10.1 Å². The first-order chi connectivity index (χ1) is 8.26. The van der Waals surface area contributed by atoms with Crippen molar-refractivity contribution in [2.24, 2.45) is 5.73 Å². The average molecular weight is 275 g/mol. The number of hydrogen-bond donors (Lipinski definition) is 2. The maximum absolute atomic E-state index is 8.94. The van der Waals surface area contributed by atoms with Gasteiger partial charge in [-0.15, -0.1) is 11.8 Å². The summed E-state index contributed by atoms with van der Waals surface area (Å²) >= 11 is 3.84. The van der Waals surface area contributed by atoms with Gasteiger partial charge in [-0.2, -0.15) is 16.7 Å². The van der Waals surface area contributed by atoms with E-state index in [1.807, 2.05) is 23.5 Å². The summed E-state index contributed by atoms with van der Waals surface area (Å²) in [5.74, 6) is 3.34. The molecule has 0 saturated carbocycles. The summed E-state index contributed by atoms with van der Waals surface area (Å²) in [6.45, 7) is 2.00. The Kier molecular flexibility index (Phi) is 4.72. The van der Waals surface area contributed by atoms with Gasteiger partial charge in [-0.3, -0.25) is 0 Å². The van der Waals surface area contributed by atoms with E-state index in [9.17, 15) is 0 Å². The maximum Gasteiger partial charge on any atom is 0.245 e. The molecule has 5 nitrogen and oxygen atoms in total. The number of rotatable bonds is 4. The molecular weight excluding hydrogens is 258 g/mol. The van der Waals surface area contributed by atoms with Gasteiger partial charge in [0.2, 0.25) is 5.89 Å². The highest BCUT2D eigenvalue weighted by Gasteiger charge is 2.30. The molecule has 7 heteroatoms. The van der Waals surface area contributed by atoms with Crippen molar-refractivity contribution in [1.29, 1.82) is 0 Å². The van der Waals surface area contributed by atoms with Crippen molar-refractivity contribution < 1.29 is 9.63 Å². The van der Waals surface area contributed by atoms with E-state index in [1.54, 1.807) is 0 Å². The highest BCUT2D eigenvalue weighted by Crippen LogP contribution is 2.42. The van der Waals surface area contributed by atoms with Gasteiger partial charge < -0.3 is 15.4 Å². The summed E-state index contributed by atoms with van der Waals surface area (Å²) in [5, 5.41) is 13.8. The van der Waals surface area contributed by atoms with E-state index < -0.39 is 6.04 Å². The minimum Gasteiger partial charge on any atom is -0.394 e. The van der Waals surface area contributed by atoms with Gasteiger partial charge in [-0.05, 0) is 6.42 Å². The summed E-state index contributed by atoms with van der Waals surface area (Å²) in [5.41, 5.74) is 5.65. The molecule has 2 rings (SSSR count). The molecule has 3 unspecified atom stereocenters. The van der Waals surface area contributed by atoms with Crippen molar-refractivity contribution in [2.75, 3.05) is 18.1 Å². The molecule has 96 valence electrons. The Hall–Kier alpha value is -0.240. The Morgan fingerprint density at radius 2 is 2.29 bits per heavy atom. The zero-order chi connectivity index (χ0) is 12.3. The van der Waals surface area contributed by atoms with Gasteiger partial charge in [-0.1, -0.05) is 12.1 Å². The second kappa shape index (κ2) is 6.08. The van der Waals surface area contributed by atoms with Crippen LogP contribution in [0.3, 0.4) is 0 Å². The van der Waals surface area contributed by atoms with Gasteiger partial charge in [0.1, 0.15) is 6.04 Å². The minimum atomic E-state index is -0.572. The molecule has 1 aliphatic heterocycles. The fourth-order valence-electron chi connectivity index (χ4n) is 1.73. The second-order valence-corrected chi connectivity index (χ2v) is 6.49. The molecule has 1 aromatic heterocycles. The van der Waals surface area contributed by atoms with Crippen molar-refractivity contribution in [3.8, 4) is 0 Å². The molecule has 0 bridgehead atoms. The Labute approximate surface area is 109 Å². The standard InChI is InChI=1S/C10H17N3O2S2/c1-2-7-8(17-4-3-16-7)9-12-10(15-13-9)6(11)5-14/h6-8,14H,2-5,11H2,1H3. The molecule has 0 aromatic carbocycles. The molecule has 0 amide bonds. The van der Waals surface area contributed by atoms with E-state index in [1.165, 1.54) is 5.75 Å². The predicted octanol–water partition coefficient (Wildman–Crippen LogP) is 1.36. The van der Waals surface area contributed by atoms with Gasteiger partial charge in [0.05, 0.1) is 11.9 Å². The SMILES string of the molecule is CCC1SCCSC1c1noc(C(N)CO)n1. The van der Waals surface area contributed by atoms with Crippen molar-refractivity contribution >= 4 is 23.5 Å². The molecule has 0 radical (unpaired) electrons. The molecule has 0 aliphatic carbocycles. The lowest BCUT2D eigenvalue weighted by Crippen LogP contribution is -2.20. The van der Waals surface area contributed by atoms with Crippen molar-refractivity contribution in [2.45, 2.75) is 29.9 Å². The normalized spacial score (nSPS) is 27.0. The molecule has 3 N–H and O–H groups in total. The van der Waals surface area contributed by atoms with E-state index in [2.05, 4.69) is 17.1 Å². The van der Waals surface area contributed by atoms with Gasteiger partial charge in [0.15, 0.2) is 5.82 Å². The van der Waals surface area contributed by atoms with Crippen molar-refractivity contribution in [3.05, 3.63) is 11.7 Å². The van der Waals surface area contributed by atoms with Crippen LogP contribution >= 0.6 is 23.5 Å². The molecule has 1 fully saturated rings. The smallest absolute Gasteiger partial charge is 0.245 e. The van der Waals surface area contributed by atoms with Crippen LogP contribution in [0.25, 0.3) is 0 Å². The summed E-state index contributed by atoms with van der Waals surface area (Å²) < 4.78 is 5.09. The van der Waals surface area contributed by atoms with E-state index >= 15 is 0 Å². The number of aliphatic hydroxyl groups excluding tert-OH is 1. The summed E-state index contributed by atoms with van der Waals surface area (Å²) in [6.07, 6.45) is 1.10. The minimum absolute atomic E-state index is 0.175. The van der Waals surface area contributed by atoms with E-state index in [0.29, 0.717) is 17.0 Å². The number of hydrogen-bond acceptors (Lipinski definition) is 7. The summed E-state index contributed by atoms with van der Waals surface area (Å²) in [7, 11) is 0. The Morgan fingerprint density at radius 1 is 1.53 bits per heavy atom. The quantitative estimate of drug-likeness (QED) is 0.858. The number of nitrogens with zero attached hydrogens (tertiary/aromatic N) is 2. The maximum atomic E-state index is 8.94. The van der Waals surface area contributed by atoms with Crippen LogP contribution in [-0.4, -0.2) is 38.6 Å². The lowest BCUT2D eigenvalue weighted by atomic mass is 10.2. The molecule has 17 heavy (non-hydrogen) atoms. The van der Waals surface area contributed by atoms with Gasteiger partial charge in [0, 0.05) is 16.8 Å².